The maximum Gasteiger partial charge on any atom is 0.273 e. The van der Waals surface area contributed by atoms with Crippen molar-refractivity contribution in [2.24, 2.45) is 5.41 Å². The molecule has 0 radical (unpaired) electrons. The Morgan fingerprint density at radius 1 is 1.39 bits per heavy atom. The van der Waals surface area contributed by atoms with Crippen LogP contribution >= 0.6 is 24.0 Å². The summed E-state index contributed by atoms with van der Waals surface area (Å²) >= 11 is 6.08. The molecule has 2 N–H and O–H groups in total. The molecule has 0 atom stereocenters. The van der Waals surface area contributed by atoms with Crippen molar-refractivity contribution in [3.8, 4) is 5.69 Å². The minimum absolute atomic E-state index is 0. The van der Waals surface area contributed by atoms with E-state index in [9.17, 15) is 4.79 Å². The van der Waals surface area contributed by atoms with Crippen LogP contribution in [0.5, 0.6) is 0 Å². The predicted molar refractivity (Wildman–Crippen MR) is 112 cm³/mol. The van der Waals surface area contributed by atoms with Crippen LogP contribution in [0.2, 0.25) is 5.02 Å². The SMILES string of the molecule is CCc1c(C(=O)NCC2(COC)CCNCC2)nnn1-c1cccc(Cl)c1.Cl. The number of amides is 1. The molecule has 0 bridgehead atoms. The van der Waals surface area contributed by atoms with E-state index in [1.165, 1.54) is 0 Å². The lowest BCUT2D eigenvalue weighted by Gasteiger charge is -2.37. The van der Waals surface area contributed by atoms with Crippen LogP contribution < -0.4 is 10.6 Å². The highest BCUT2D eigenvalue weighted by Gasteiger charge is 2.33. The van der Waals surface area contributed by atoms with Gasteiger partial charge in [0.1, 0.15) is 0 Å². The van der Waals surface area contributed by atoms with Crippen LogP contribution in [0.25, 0.3) is 5.69 Å². The van der Waals surface area contributed by atoms with Crippen LogP contribution in [-0.4, -0.2) is 54.3 Å². The maximum atomic E-state index is 12.8. The molecule has 9 heteroatoms. The molecule has 1 aliphatic rings. The van der Waals surface area contributed by atoms with Crippen LogP contribution in [0, 0.1) is 5.41 Å². The normalized spacial score (nSPS) is 15.7. The average molecular weight is 428 g/mol. The summed E-state index contributed by atoms with van der Waals surface area (Å²) in [5.41, 5.74) is 1.88. The lowest BCUT2D eigenvalue weighted by atomic mass is 9.79. The lowest BCUT2D eigenvalue weighted by Crippen LogP contribution is -2.47. The van der Waals surface area contributed by atoms with Crippen molar-refractivity contribution in [3.63, 3.8) is 0 Å². The summed E-state index contributed by atoms with van der Waals surface area (Å²) in [7, 11) is 1.71. The van der Waals surface area contributed by atoms with E-state index < -0.39 is 0 Å². The highest BCUT2D eigenvalue weighted by molar-refractivity contribution is 6.30. The molecule has 1 aliphatic heterocycles. The molecule has 7 nitrogen and oxygen atoms in total. The number of piperidine rings is 1. The van der Waals surface area contributed by atoms with E-state index in [4.69, 9.17) is 16.3 Å². The van der Waals surface area contributed by atoms with Gasteiger partial charge in [-0.05, 0) is 50.6 Å². The largest absolute Gasteiger partial charge is 0.384 e. The van der Waals surface area contributed by atoms with Gasteiger partial charge in [-0.1, -0.05) is 29.8 Å². The number of aromatic nitrogens is 3. The van der Waals surface area contributed by atoms with Crippen molar-refractivity contribution in [1.82, 2.24) is 25.6 Å². The summed E-state index contributed by atoms with van der Waals surface area (Å²) in [5.74, 6) is -0.200. The zero-order valence-electron chi connectivity index (χ0n) is 16.2. The number of methoxy groups -OCH3 is 1. The predicted octanol–water partition coefficient (Wildman–Crippen LogP) is 2.65. The number of carbonyl (C=O) groups excluding carboxylic acids is 1. The molecule has 1 amide bonds. The van der Waals surface area contributed by atoms with Gasteiger partial charge in [0.15, 0.2) is 5.69 Å². The van der Waals surface area contributed by atoms with Crippen molar-refractivity contribution in [1.29, 1.82) is 0 Å². The topological polar surface area (TPSA) is 81.1 Å². The zero-order valence-corrected chi connectivity index (χ0v) is 17.8. The van der Waals surface area contributed by atoms with E-state index in [-0.39, 0.29) is 23.7 Å². The van der Waals surface area contributed by atoms with E-state index in [2.05, 4.69) is 20.9 Å². The van der Waals surface area contributed by atoms with Gasteiger partial charge in [0.2, 0.25) is 0 Å². The minimum atomic E-state index is -0.200. The number of hydrogen-bond acceptors (Lipinski definition) is 5. The van der Waals surface area contributed by atoms with Gasteiger partial charge in [-0.3, -0.25) is 4.79 Å². The third kappa shape index (κ3) is 5.03. The molecule has 1 fully saturated rings. The first-order valence-corrected chi connectivity index (χ1v) is 9.65. The molecule has 0 aliphatic carbocycles. The Labute approximate surface area is 176 Å². The number of ether oxygens (including phenoxy) is 1. The van der Waals surface area contributed by atoms with Gasteiger partial charge in [-0.15, -0.1) is 17.5 Å². The first-order valence-electron chi connectivity index (χ1n) is 9.27. The summed E-state index contributed by atoms with van der Waals surface area (Å²) in [6, 6.07) is 7.35. The molecule has 1 aromatic carbocycles. The van der Waals surface area contributed by atoms with Crippen molar-refractivity contribution in [2.45, 2.75) is 26.2 Å². The van der Waals surface area contributed by atoms with E-state index in [0.717, 1.165) is 37.3 Å². The molecule has 1 saturated heterocycles. The van der Waals surface area contributed by atoms with Crippen LogP contribution in [0.1, 0.15) is 35.9 Å². The molecular formula is C19H27Cl2N5O2. The van der Waals surface area contributed by atoms with Crippen LogP contribution in [0.4, 0.5) is 0 Å². The zero-order chi connectivity index (χ0) is 19.3. The van der Waals surface area contributed by atoms with Crippen LogP contribution in [0.3, 0.4) is 0 Å². The fourth-order valence-corrected chi connectivity index (χ4v) is 3.78. The molecular weight excluding hydrogens is 401 g/mol. The number of rotatable bonds is 7. The molecule has 3 rings (SSSR count). The van der Waals surface area contributed by atoms with Gasteiger partial charge in [0.05, 0.1) is 18.0 Å². The first kappa shape index (κ1) is 22.6. The van der Waals surface area contributed by atoms with Gasteiger partial charge < -0.3 is 15.4 Å². The molecule has 0 spiro atoms. The summed E-state index contributed by atoms with van der Waals surface area (Å²) in [5, 5.41) is 15.3. The maximum absolute atomic E-state index is 12.8. The van der Waals surface area contributed by atoms with Gasteiger partial charge >= 0.3 is 0 Å². The van der Waals surface area contributed by atoms with E-state index in [1.54, 1.807) is 23.9 Å². The number of nitrogens with one attached hydrogen (secondary N) is 2. The summed E-state index contributed by atoms with van der Waals surface area (Å²) in [6.45, 7) is 5.05. The number of nitrogens with zero attached hydrogens (tertiary/aromatic N) is 3. The fraction of sp³-hybridized carbons (Fsp3) is 0.526. The van der Waals surface area contributed by atoms with E-state index in [1.807, 2.05) is 19.1 Å². The summed E-state index contributed by atoms with van der Waals surface area (Å²) < 4.78 is 7.09. The Hall–Kier alpha value is -1.67. The van der Waals surface area contributed by atoms with Crippen molar-refractivity contribution >= 4 is 29.9 Å². The number of halogens is 2. The third-order valence-corrected chi connectivity index (χ3v) is 5.34. The molecule has 1 aromatic heterocycles. The van der Waals surface area contributed by atoms with Gasteiger partial charge in [-0.2, -0.15) is 0 Å². The second kappa shape index (κ2) is 10.2. The summed E-state index contributed by atoms with van der Waals surface area (Å²) in [6.07, 6.45) is 2.57. The lowest BCUT2D eigenvalue weighted by molar-refractivity contribution is 0.0510. The fourth-order valence-electron chi connectivity index (χ4n) is 3.60. The smallest absolute Gasteiger partial charge is 0.273 e. The van der Waals surface area contributed by atoms with Gasteiger partial charge in [-0.25, -0.2) is 4.68 Å². The Morgan fingerprint density at radius 2 is 2.14 bits per heavy atom. The highest BCUT2D eigenvalue weighted by Crippen LogP contribution is 2.28. The van der Waals surface area contributed by atoms with Gasteiger partial charge in [0.25, 0.3) is 5.91 Å². The third-order valence-electron chi connectivity index (χ3n) is 5.10. The molecule has 0 saturated carbocycles. The Kier molecular flexibility index (Phi) is 8.24. The molecule has 0 unspecified atom stereocenters. The standard InChI is InChI=1S/C19H26ClN5O2.ClH/c1-3-16-17(23-24-25(16)15-6-4-5-14(20)11-15)18(26)22-12-19(13-27-2)7-9-21-10-8-19;/h4-6,11,21H,3,7-10,12-13H2,1-2H3,(H,22,26);1H. The average Bonchev–Trinajstić information content (AvgIpc) is 3.11. The van der Waals surface area contributed by atoms with E-state index in [0.29, 0.717) is 30.3 Å². The Balaban J connectivity index is 0.00000280. The molecule has 28 heavy (non-hydrogen) atoms. The Bertz CT molecular complexity index is 785. The number of benzene rings is 1. The second-order valence-corrected chi connectivity index (χ2v) is 7.43. The second-order valence-electron chi connectivity index (χ2n) is 7.00. The quantitative estimate of drug-likeness (QED) is 0.709. The summed E-state index contributed by atoms with van der Waals surface area (Å²) in [4.78, 5) is 12.8. The first-order chi connectivity index (χ1) is 13.1. The van der Waals surface area contributed by atoms with Crippen LogP contribution in [0.15, 0.2) is 24.3 Å². The minimum Gasteiger partial charge on any atom is -0.384 e. The van der Waals surface area contributed by atoms with Crippen molar-refractivity contribution < 1.29 is 9.53 Å². The Morgan fingerprint density at radius 3 is 2.79 bits per heavy atom. The van der Waals surface area contributed by atoms with Crippen molar-refractivity contribution in [2.75, 3.05) is 33.4 Å². The monoisotopic (exact) mass is 427 g/mol. The number of carbonyl (C=O) groups is 1. The van der Waals surface area contributed by atoms with E-state index >= 15 is 0 Å². The number of hydrogen-bond donors (Lipinski definition) is 2. The molecule has 2 aromatic rings. The molecule has 154 valence electrons. The molecule has 2 heterocycles. The van der Waals surface area contributed by atoms with Gasteiger partial charge in [0, 0.05) is 24.1 Å². The highest BCUT2D eigenvalue weighted by atomic mass is 35.5. The van der Waals surface area contributed by atoms with Crippen molar-refractivity contribution in [3.05, 3.63) is 40.7 Å². The van der Waals surface area contributed by atoms with Crippen LogP contribution in [-0.2, 0) is 11.2 Å².